The Balaban J connectivity index is 2.44. The van der Waals surface area contributed by atoms with Crippen LogP contribution in [0.4, 0.5) is 27.8 Å². The number of hydrogen-bond donors (Lipinski definition) is 1. The lowest BCUT2D eigenvalue weighted by molar-refractivity contribution is 0.377. The van der Waals surface area contributed by atoms with Gasteiger partial charge in [0.15, 0.2) is 34.2 Å². The molecule has 0 atom stereocenters. The maximum absolute atomic E-state index is 13.6. The highest BCUT2D eigenvalue weighted by molar-refractivity contribution is 6.31. The van der Waals surface area contributed by atoms with Gasteiger partial charge in [0.2, 0.25) is 5.82 Å². The zero-order chi connectivity index (χ0) is 16.4. The fraction of sp³-hybridized carbons (Fsp3) is 0.0833. The Labute approximate surface area is 125 Å². The first-order chi connectivity index (χ1) is 10.3. The van der Waals surface area contributed by atoms with Crippen LogP contribution < -0.4 is 5.43 Å². The van der Waals surface area contributed by atoms with Crippen molar-refractivity contribution in [3.63, 3.8) is 0 Å². The molecule has 2 rings (SSSR count). The number of hydrazone groups is 1. The Hall–Kier alpha value is -2.29. The van der Waals surface area contributed by atoms with Gasteiger partial charge in [-0.3, -0.25) is 5.43 Å². The summed E-state index contributed by atoms with van der Waals surface area (Å²) in [5.41, 5.74) is 0.589. The summed E-state index contributed by atoms with van der Waals surface area (Å²) in [6.07, 6.45) is 2.55. The molecule has 0 radical (unpaired) electrons. The molecule has 0 fully saturated rings. The SMILES string of the molecule is C/C(=N/Nc1nccnc1Cl)c1c(F)c(F)c(F)c(F)c1F. The Kier molecular flexibility index (Phi) is 4.55. The molecule has 0 aliphatic carbocycles. The van der Waals surface area contributed by atoms with Crippen LogP contribution in [-0.2, 0) is 0 Å². The zero-order valence-electron chi connectivity index (χ0n) is 10.8. The van der Waals surface area contributed by atoms with E-state index in [0.29, 0.717) is 0 Å². The number of benzene rings is 1. The first-order valence-electron chi connectivity index (χ1n) is 5.63. The summed E-state index contributed by atoms with van der Waals surface area (Å²) < 4.78 is 66.3. The van der Waals surface area contributed by atoms with Gasteiger partial charge < -0.3 is 0 Å². The maximum atomic E-state index is 13.6. The molecule has 0 bridgehead atoms. The van der Waals surface area contributed by atoms with Crippen molar-refractivity contribution in [3.8, 4) is 0 Å². The van der Waals surface area contributed by atoms with Gasteiger partial charge in [0.1, 0.15) is 0 Å². The molecular formula is C12H6ClF5N4. The molecule has 0 spiro atoms. The largest absolute Gasteiger partial charge is 0.259 e. The molecule has 10 heteroatoms. The van der Waals surface area contributed by atoms with Gasteiger partial charge in [0.05, 0.1) is 11.3 Å². The molecule has 0 saturated carbocycles. The highest BCUT2D eigenvalue weighted by Gasteiger charge is 2.27. The Morgan fingerprint density at radius 3 is 2.00 bits per heavy atom. The van der Waals surface area contributed by atoms with Crippen LogP contribution in [0.3, 0.4) is 0 Å². The smallest absolute Gasteiger partial charge is 0.200 e. The number of hydrogen-bond acceptors (Lipinski definition) is 4. The number of anilines is 1. The van der Waals surface area contributed by atoms with Crippen LogP contribution in [0.5, 0.6) is 0 Å². The molecule has 1 aromatic heterocycles. The van der Waals surface area contributed by atoms with Gasteiger partial charge in [0.25, 0.3) is 0 Å². The predicted octanol–water partition coefficient (Wildman–Crippen LogP) is 3.66. The van der Waals surface area contributed by atoms with Gasteiger partial charge in [-0.15, -0.1) is 0 Å². The summed E-state index contributed by atoms with van der Waals surface area (Å²) in [5.74, 6) is -10.4. The first kappa shape index (κ1) is 16.1. The second kappa shape index (κ2) is 6.22. The van der Waals surface area contributed by atoms with Crippen molar-refractivity contribution in [3.05, 3.63) is 52.2 Å². The zero-order valence-corrected chi connectivity index (χ0v) is 11.5. The molecule has 1 aromatic carbocycles. The van der Waals surface area contributed by atoms with E-state index in [9.17, 15) is 22.0 Å². The molecule has 116 valence electrons. The van der Waals surface area contributed by atoms with Gasteiger partial charge in [0, 0.05) is 12.4 Å². The molecule has 0 aliphatic rings. The fourth-order valence-corrected chi connectivity index (χ4v) is 1.66. The minimum atomic E-state index is -2.24. The third-order valence-corrected chi connectivity index (χ3v) is 2.83. The average Bonchev–Trinajstić information content (AvgIpc) is 2.50. The molecule has 1 N–H and O–H groups in total. The van der Waals surface area contributed by atoms with Crippen LogP contribution in [0, 0.1) is 29.1 Å². The van der Waals surface area contributed by atoms with Crippen molar-refractivity contribution in [1.29, 1.82) is 0 Å². The van der Waals surface area contributed by atoms with E-state index in [-0.39, 0.29) is 11.0 Å². The van der Waals surface area contributed by atoms with Crippen LogP contribution in [0.2, 0.25) is 5.15 Å². The van der Waals surface area contributed by atoms with Crippen molar-refractivity contribution in [2.45, 2.75) is 6.92 Å². The van der Waals surface area contributed by atoms with Gasteiger partial charge in [-0.1, -0.05) is 11.6 Å². The van der Waals surface area contributed by atoms with Crippen molar-refractivity contribution >= 4 is 23.1 Å². The molecule has 2 aromatic rings. The lowest BCUT2D eigenvalue weighted by atomic mass is 10.1. The Bertz CT molecular complexity index is 736. The quantitative estimate of drug-likeness (QED) is 0.306. The summed E-state index contributed by atoms with van der Waals surface area (Å²) in [6, 6.07) is 0. The third-order valence-electron chi connectivity index (χ3n) is 2.55. The monoisotopic (exact) mass is 336 g/mol. The van der Waals surface area contributed by atoms with Gasteiger partial charge in [-0.2, -0.15) is 5.10 Å². The highest BCUT2D eigenvalue weighted by Crippen LogP contribution is 2.24. The standard InChI is InChI=1S/C12H6ClF5N4/c1-4(21-22-12-11(13)19-2-3-20-12)5-6(14)8(16)10(18)9(17)7(5)15/h2-3H,1H3,(H,20,22)/b21-4-. The molecule has 4 nitrogen and oxygen atoms in total. The average molecular weight is 337 g/mol. The van der Waals surface area contributed by atoms with E-state index in [0.717, 1.165) is 6.92 Å². The minimum absolute atomic E-state index is 0.0487. The van der Waals surface area contributed by atoms with Crippen molar-refractivity contribution < 1.29 is 22.0 Å². The van der Waals surface area contributed by atoms with Crippen molar-refractivity contribution in [1.82, 2.24) is 9.97 Å². The summed E-state index contributed by atoms with van der Waals surface area (Å²) in [7, 11) is 0. The number of halogens is 6. The number of rotatable bonds is 3. The van der Waals surface area contributed by atoms with Crippen molar-refractivity contribution in [2.75, 3.05) is 5.43 Å². The summed E-state index contributed by atoms with van der Waals surface area (Å²) >= 11 is 5.66. The summed E-state index contributed by atoms with van der Waals surface area (Å²) in [4.78, 5) is 7.39. The van der Waals surface area contributed by atoms with E-state index in [2.05, 4.69) is 20.5 Å². The van der Waals surface area contributed by atoms with E-state index in [1.165, 1.54) is 12.4 Å². The van der Waals surface area contributed by atoms with Gasteiger partial charge in [-0.05, 0) is 6.92 Å². The van der Waals surface area contributed by atoms with E-state index in [1.807, 2.05) is 0 Å². The van der Waals surface area contributed by atoms with Crippen molar-refractivity contribution in [2.24, 2.45) is 5.10 Å². The minimum Gasteiger partial charge on any atom is -0.259 e. The second-order valence-electron chi connectivity index (χ2n) is 3.95. The Morgan fingerprint density at radius 1 is 0.955 bits per heavy atom. The number of nitrogens with zero attached hydrogens (tertiary/aromatic N) is 3. The fourth-order valence-electron chi connectivity index (χ4n) is 1.51. The number of nitrogens with one attached hydrogen (secondary N) is 1. The van der Waals surface area contributed by atoms with E-state index in [4.69, 9.17) is 11.6 Å². The lowest BCUT2D eigenvalue weighted by Crippen LogP contribution is -2.12. The first-order valence-corrected chi connectivity index (χ1v) is 6.01. The van der Waals surface area contributed by atoms with Crippen LogP contribution in [0.1, 0.15) is 12.5 Å². The molecule has 0 saturated heterocycles. The lowest BCUT2D eigenvalue weighted by Gasteiger charge is -2.08. The molecule has 1 heterocycles. The maximum Gasteiger partial charge on any atom is 0.200 e. The highest BCUT2D eigenvalue weighted by atomic mass is 35.5. The third kappa shape index (κ3) is 2.84. The normalized spacial score (nSPS) is 11.7. The van der Waals surface area contributed by atoms with Crippen LogP contribution in [0.25, 0.3) is 0 Å². The number of aromatic nitrogens is 2. The summed E-state index contributed by atoms with van der Waals surface area (Å²) in [5, 5.41) is 3.42. The molecule has 0 unspecified atom stereocenters. The van der Waals surface area contributed by atoms with Crippen LogP contribution in [0.15, 0.2) is 17.5 Å². The van der Waals surface area contributed by atoms with Crippen LogP contribution >= 0.6 is 11.6 Å². The van der Waals surface area contributed by atoms with Crippen LogP contribution in [-0.4, -0.2) is 15.7 Å². The van der Waals surface area contributed by atoms with Gasteiger partial charge in [-0.25, -0.2) is 31.9 Å². The molecule has 22 heavy (non-hydrogen) atoms. The second-order valence-corrected chi connectivity index (χ2v) is 4.31. The summed E-state index contributed by atoms with van der Waals surface area (Å²) in [6.45, 7) is 1.05. The molecule has 0 aliphatic heterocycles. The molecule has 0 amide bonds. The van der Waals surface area contributed by atoms with Gasteiger partial charge >= 0.3 is 0 Å². The molecular weight excluding hydrogens is 331 g/mol. The van der Waals surface area contributed by atoms with E-state index < -0.39 is 40.4 Å². The van der Waals surface area contributed by atoms with E-state index in [1.54, 1.807) is 0 Å². The Morgan fingerprint density at radius 2 is 1.45 bits per heavy atom. The topological polar surface area (TPSA) is 50.2 Å². The predicted molar refractivity (Wildman–Crippen MR) is 69.1 cm³/mol. The van der Waals surface area contributed by atoms with E-state index >= 15 is 0 Å².